The molecule has 0 amide bonds. The van der Waals surface area contributed by atoms with E-state index in [2.05, 4.69) is 11.9 Å². The molecule has 0 unspecified atom stereocenters. The Hall–Kier alpha value is -1.39. The second-order valence-electron chi connectivity index (χ2n) is 3.96. The predicted octanol–water partition coefficient (Wildman–Crippen LogP) is 0.979. The second kappa shape index (κ2) is 4.00. The molecule has 0 bridgehead atoms. The molecule has 80 valence electrons. The fourth-order valence-corrected chi connectivity index (χ4v) is 1.91. The van der Waals surface area contributed by atoms with Gasteiger partial charge in [0.2, 0.25) is 0 Å². The highest BCUT2D eigenvalue weighted by Crippen LogP contribution is 2.19. The number of amidine groups is 1. The van der Waals surface area contributed by atoms with Gasteiger partial charge in [0.1, 0.15) is 5.84 Å². The number of hydrogen-bond donors (Lipinski definition) is 3. The van der Waals surface area contributed by atoms with Crippen LogP contribution in [0.5, 0.6) is 0 Å². The van der Waals surface area contributed by atoms with Crippen molar-refractivity contribution < 1.29 is 5.21 Å². The number of benzene rings is 1. The lowest BCUT2D eigenvalue weighted by Gasteiger charge is -2.25. The molecule has 0 saturated heterocycles. The topological polar surface area (TPSA) is 59.4 Å². The van der Waals surface area contributed by atoms with Crippen LogP contribution in [-0.2, 0) is 13.0 Å². The number of nitrogens with zero attached hydrogens (tertiary/aromatic N) is 1. The molecule has 1 aliphatic rings. The zero-order valence-electron chi connectivity index (χ0n) is 8.75. The maximum absolute atomic E-state index is 8.65. The number of nitrogens with one attached hydrogen (secondary N) is 2. The summed E-state index contributed by atoms with van der Waals surface area (Å²) in [6.45, 7) is 2.02. The Balaban J connectivity index is 2.30. The largest absolute Gasteiger partial charge is 0.302 e. The van der Waals surface area contributed by atoms with E-state index in [1.54, 1.807) is 0 Å². The molecule has 0 aromatic heterocycles. The van der Waals surface area contributed by atoms with Crippen molar-refractivity contribution in [2.45, 2.75) is 13.0 Å². The minimum absolute atomic E-state index is 0.0525. The molecule has 0 fully saturated rings. The average Bonchev–Trinajstić information content (AvgIpc) is 2.27. The van der Waals surface area contributed by atoms with Gasteiger partial charge in [-0.25, -0.2) is 0 Å². The average molecular weight is 205 g/mol. The van der Waals surface area contributed by atoms with Crippen LogP contribution in [0.15, 0.2) is 18.2 Å². The summed E-state index contributed by atoms with van der Waals surface area (Å²) in [7, 11) is 2.11. The molecule has 0 spiro atoms. The molecule has 0 radical (unpaired) electrons. The van der Waals surface area contributed by atoms with Gasteiger partial charge in [0.05, 0.1) is 0 Å². The van der Waals surface area contributed by atoms with Gasteiger partial charge in [-0.3, -0.25) is 16.1 Å². The van der Waals surface area contributed by atoms with Gasteiger partial charge in [-0.1, -0.05) is 12.1 Å². The molecule has 3 N–H and O–H groups in total. The molecular weight excluding hydrogens is 190 g/mol. The van der Waals surface area contributed by atoms with Crippen LogP contribution in [0.3, 0.4) is 0 Å². The Labute approximate surface area is 89.0 Å². The fourth-order valence-electron chi connectivity index (χ4n) is 1.91. The lowest BCUT2D eigenvalue weighted by atomic mass is 9.97. The maximum atomic E-state index is 8.65. The van der Waals surface area contributed by atoms with E-state index in [1.165, 1.54) is 11.1 Å². The van der Waals surface area contributed by atoms with Crippen LogP contribution in [0.25, 0.3) is 0 Å². The number of rotatable bonds is 1. The van der Waals surface area contributed by atoms with Gasteiger partial charge < -0.3 is 4.90 Å². The minimum atomic E-state index is 0.0525. The molecule has 4 nitrogen and oxygen atoms in total. The molecule has 2 rings (SSSR count). The summed E-state index contributed by atoms with van der Waals surface area (Å²) >= 11 is 0. The van der Waals surface area contributed by atoms with Gasteiger partial charge >= 0.3 is 0 Å². The van der Waals surface area contributed by atoms with Crippen LogP contribution in [0.2, 0.25) is 0 Å². The van der Waals surface area contributed by atoms with Crippen LogP contribution >= 0.6 is 0 Å². The first-order chi connectivity index (χ1) is 7.20. The third-order valence-electron chi connectivity index (χ3n) is 2.81. The molecule has 0 aliphatic carbocycles. The van der Waals surface area contributed by atoms with Crippen LogP contribution in [0.1, 0.15) is 16.7 Å². The van der Waals surface area contributed by atoms with Crippen molar-refractivity contribution in [3.05, 3.63) is 34.9 Å². The first-order valence-corrected chi connectivity index (χ1v) is 5.00. The van der Waals surface area contributed by atoms with Crippen LogP contribution in [0, 0.1) is 5.41 Å². The van der Waals surface area contributed by atoms with Crippen LogP contribution < -0.4 is 5.48 Å². The van der Waals surface area contributed by atoms with E-state index >= 15 is 0 Å². The number of likely N-dealkylation sites (N-methyl/N-ethyl adjacent to an activating group) is 1. The van der Waals surface area contributed by atoms with E-state index < -0.39 is 0 Å². The standard InChI is InChI=1S/C11H15N3O/c1-14-5-4-8-6-9(11(12)13-15)2-3-10(8)7-14/h2-3,6,15H,4-5,7H2,1H3,(H2,12,13). The van der Waals surface area contributed by atoms with Gasteiger partial charge in [0.25, 0.3) is 0 Å². The molecular formula is C11H15N3O. The number of hydroxylamine groups is 1. The number of fused-ring (bicyclic) bond motifs is 1. The van der Waals surface area contributed by atoms with Crippen molar-refractivity contribution in [2.24, 2.45) is 0 Å². The Morgan fingerprint density at radius 3 is 3.00 bits per heavy atom. The van der Waals surface area contributed by atoms with Crippen molar-refractivity contribution in [1.29, 1.82) is 5.41 Å². The molecule has 1 aromatic rings. The van der Waals surface area contributed by atoms with Gasteiger partial charge in [-0.15, -0.1) is 0 Å². The zero-order chi connectivity index (χ0) is 10.8. The summed E-state index contributed by atoms with van der Waals surface area (Å²) in [6.07, 6.45) is 1.01. The van der Waals surface area contributed by atoms with Crippen molar-refractivity contribution in [3.8, 4) is 0 Å². The van der Waals surface area contributed by atoms with Crippen molar-refractivity contribution in [3.63, 3.8) is 0 Å². The Bertz CT molecular complexity index is 389. The quantitative estimate of drug-likeness (QED) is 0.364. The van der Waals surface area contributed by atoms with Crippen molar-refractivity contribution >= 4 is 5.84 Å². The third kappa shape index (κ3) is 2.00. The summed E-state index contributed by atoms with van der Waals surface area (Å²) < 4.78 is 0. The molecule has 0 saturated carbocycles. The molecule has 1 aliphatic heterocycles. The van der Waals surface area contributed by atoms with E-state index in [9.17, 15) is 0 Å². The third-order valence-corrected chi connectivity index (χ3v) is 2.81. The Kier molecular flexibility index (Phi) is 2.70. The van der Waals surface area contributed by atoms with Gasteiger partial charge in [-0.05, 0) is 30.7 Å². The molecule has 1 heterocycles. The monoisotopic (exact) mass is 205 g/mol. The fraction of sp³-hybridized carbons (Fsp3) is 0.364. The minimum Gasteiger partial charge on any atom is -0.302 e. The van der Waals surface area contributed by atoms with Crippen LogP contribution in [0.4, 0.5) is 0 Å². The lowest BCUT2D eigenvalue weighted by Crippen LogP contribution is -2.27. The molecule has 1 aromatic carbocycles. The van der Waals surface area contributed by atoms with Crippen molar-refractivity contribution in [2.75, 3.05) is 13.6 Å². The van der Waals surface area contributed by atoms with E-state index in [1.807, 2.05) is 23.7 Å². The summed E-state index contributed by atoms with van der Waals surface area (Å²) in [5.41, 5.74) is 5.21. The highest BCUT2D eigenvalue weighted by molar-refractivity contribution is 5.95. The maximum Gasteiger partial charge on any atom is 0.149 e. The zero-order valence-corrected chi connectivity index (χ0v) is 8.75. The Morgan fingerprint density at radius 2 is 2.27 bits per heavy atom. The molecule has 15 heavy (non-hydrogen) atoms. The number of hydrogen-bond acceptors (Lipinski definition) is 3. The van der Waals surface area contributed by atoms with Gasteiger partial charge in [0, 0.05) is 18.7 Å². The molecule has 4 heteroatoms. The summed E-state index contributed by atoms with van der Waals surface area (Å²) in [6, 6.07) is 5.88. The van der Waals surface area contributed by atoms with Gasteiger partial charge in [-0.2, -0.15) is 0 Å². The van der Waals surface area contributed by atoms with Gasteiger partial charge in [0.15, 0.2) is 0 Å². The van der Waals surface area contributed by atoms with E-state index in [0.29, 0.717) is 0 Å². The van der Waals surface area contributed by atoms with E-state index in [0.717, 1.165) is 25.1 Å². The second-order valence-corrected chi connectivity index (χ2v) is 3.96. The summed E-state index contributed by atoms with van der Waals surface area (Å²) in [5.74, 6) is 0.0525. The first-order valence-electron chi connectivity index (χ1n) is 5.00. The first kappa shape index (κ1) is 10.1. The summed E-state index contributed by atoms with van der Waals surface area (Å²) in [5, 5.41) is 16.1. The lowest BCUT2D eigenvalue weighted by molar-refractivity contribution is 0.234. The van der Waals surface area contributed by atoms with Crippen LogP contribution in [-0.4, -0.2) is 29.5 Å². The summed E-state index contributed by atoms with van der Waals surface area (Å²) in [4.78, 5) is 2.28. The highest BCUT2D eigenvalue weighted by Gasteiger charge is 2.13. The normalized spacial score (nSPS) is 15.9. The highest BCUT2D eigenvalue weighted by atomic mass is 16.5. The smallest absolute Gasteiger partial charge is 0.149 e. The molecule has 0 atom stereocenters. The van der Waals surface area contributed by atoms with Crippen molar-refractivity contribution in [1.82, 2.24) is 10.4 Å². The SMILES string of the molecule is CN1CCc2cc(C(=N)NO)ccc2C1. The van der Waals surface area contributed by atoms with E-state index in [4.69, 9.17) is 10.6 Å². The Morgan fingerprint density at radius 1 is 1.47 bits per heavy atom. The predicted molar refractivity (Wildman–Crippen MR) is 58.2 cm³/mol. The van der Waals surface area contributed by atoms with E-state index in [-0.39, 0.29) is 5.84 Å².